The first-order valence-corrected chi connectivity index (χ1v) is 9.71. The number of rotatable bonds is 6. The van der Waals surface area contributed by atoms with E-state index in [9.17, 15) is 4.79 Å². The minimum Gasteiger partial charge on any atom is -0.301 e. The topological polar surface area (TPSA) is 63.1 Å². The van der Waals surface area contributed by atoms with E-state index in [-0.39, 0.29) is 5.91 Å². The number of benzene rings is 1. The lowest BCUT2D eigenvalue weighted by Crippen LogP contribution is -2.30. The first-order valence-electron chi connectivity index (χ1n) is 8.83. The highest BCUT2D eigenvalue weighted by atomic mass is 32.1. The van der Waals surface area contributed by atoms with Gasteiger partial charge in [-0.15, -0.1) is 11.3 Å². The third kappa shape index (κ3) is 4.61. The van der Waals surface area contributed by atoms with Crippen LogP contribution in [-0.2, 0) is 18.4 Å². The number of hydrogen-bond acceptors (Lipinski definition) is 5. The van der Waals surface area contributed by atoms with Crippen LogP contribution in [0.5, 0.6) is 0 Å². The van der Waals surface area contributed by atoms with Crippen molar-refractivity contribution in [2.45, 2.75) is 27.3 Å². The molecule has 0 bridgehead atoms. The zero-order valence-electron chi connectivity index (χ0n) is 16.4. The number of nitrogens with zero attached hydrogens (tertiary/aromatic N) is 4. The number of anilines is 1. The summed E-state index contributed by atoms with van der Waals surface area (Å²) in [7, 11) is 3.87. The Labute approximate surface area is 163 Å². The number of likely N-dealkylation sites (N-methyl/N-ethyl adjacent to an activating group) is 1. The summed E-state index contributed by atoms with van der Waals surface area (Å²) >= 11 is 1.44. The standard InChI is InChI=1S/C20H25N5OS/c1-13-6-8-16(9-7-13)18-12-27-20(21-18)22-19(26)11-24(4)10-17-14(2)23-25(5)15(17)3/h6-9,12H,10-11H2,1-5H3,(H,21,22,26). The number of amides is 1. The monoisotopic (exact) mass is 383 g/mol. The molecule has 1 N–H and O–H groups in total. The van der Waals surface area contributed by atoms with E-state index >= 15 is 0 Å². The zero-order chi connectivity index (χ0) is 19.6. The Kier molecular flexibility index (Phi) is 5.72. The van der Waals surface area contributed by atoms with Gasteiger partial charge >= 0.3 is 0 Å². The van der Waals surface area contributed by atoms with Gasteiger partial charge in [-0.3, -0.25) is 14.4 Å². The Bertz CT molecular complexity index is 942. The summed E-state index contributed by atoms with van der Waals surface area (Å²) in [5.41, 5.74) is 6.45. The largest absolute Gasteiger partial charge is 0.301 e. The zero-order valence-corrected chi connectivity index (χ0v) is 17.2. The van der Waals surface area contributed by atoms with E-state index in [2.05, 4.69) is 34.5 Å². The van der Waals surface area contributed by atoms with Crippen molar-refractivity contribution in [1.82, 2.24) is 19.7 Å². The fourth-order valence-corrected chi connectivity index (χ4v) is 3.70. The van der Waals surface area contributed by atoms with Crippen molar-refractivity contribution in [2.24, 2.45) is 7.05 Å². The van der Waals surface area contributed by atoms with Crippen LogP contribution in [-0.4, -0.2) is 39.2 Å². The second-order valence-electron chi connectivity index (χ2n) is 6.90. The van der Waals surface area contributed by atoms with Crippen molar-refractivity contribution >= 4 is 22.4 Å². The summed E-state index contributed by atoms with van der Waals surface area (Å²) < 4.78 is 1.88. The smallest absolute Gasteiger partial charge is 0.240 e. The van der Waals surface area contributed by atoms with E-state index in [1.165, 1.54) is 22.5 Å². The first-order chi connectivity index (χ1) is 12.8. The van der Waals surface area contributed by atoms with Gasteiger partial charge in [0.2, 0.25) is 5.91 Å². The van der Waals surface area contributed by atoms with E-state index in [0.717, 1.165) is 22.6 Å². The van der Waals surface area contributed by atoms with Gasteiger partial charge in [-0.2, -0.15) is 5.10 Å². The van der Waals surface area contributed by atoms with Gasteiger partial charge in [-0.1, -0.05) is 29.8 Å². The summed E-state index contributed by atoms with van der Waals surface area (Å²) in [6.07, 6.45) is 0. The molecule has 1 aromatic carbocycles. The molecular weight excluding hydrogens is 358 g/mol. The van der Waals surface area contributed by atoms with Crippen LogP contribution in [0.3, 0.4) is 0 Å². The van der Waals surface area contributed by atoms with Crippen LogP contribution < -0.4 is 5.32 Å². The van der Waals surface area contributed by atoms with E-state index in [4.69, 9.17) is 0 Å². The summed E-state index contributed by atoms with van der Waals surface area (Å²) in [5, 5.41) is 9.92. The predicted molar refractivity (Wildman–Crippen MR) is 110 cm³/mol. The molecule has 3 rings (SSSR count). The third-order valence-corrected chi connectivity index (χ3v) is 5.36. The number of hydrogen-bond donors (Lipinski definition) is 1. The molecule has 0 atom stereocenters. The van der Waals surface area contributed by atoms with Gasteiger partial charge in [0.25, 0.3) is 0 Å². The lowest BCUT2D eigenvalue weighted by Gasteiger charge is -2.16. The molecular formula is C20H25N5OS. The number of carbonyl (C=O) groups is 1. The summed E-state index contributed by atoms with van der Waals surface area (Å²) in [4.78, 5) is 18.9. The van der Waals surface area contributed by atoms with Crippen molar-refractivity contribution < 1.29 is 4.79 Å². The second-order valence-corrected chi connectivity index (χ2v) is 7.76. The summed E-state index contributed by atoms with van der Waals surface area (Å²) in [5.74, 6) is -0.0681. The average Bonchev–Trinajstić information content (AvgIpc) is 3.15. The second kappa shape index (κ2) is 8.02. The molecule has 142 valence electrons. The quantitative estimate of drug-likeness (QED) is 0.707. The Hall–Kier alpha value is -2.51. The molecule has 0 fully saturated rings. The van der Waals surface area contributed by atoms with E-state index < -0.39 is 0 Å². The Morgan fingerprint density at radius 3 is 2.56 bits per heavy atom. The highest BCUT2D eigenvalue weighted by Crippen LogP contribution is 2.25. The molecule has 0 spiro atoms. The first kappa shape index (κ1) is 19.3. The molecule has 1 amide bonds. The van der Waals surface area contributed by atoms with Crippen LogP contribution in [0.25, 0.3) is 11.3 Å². The SMILES string of the molecule is Cc1ccc(-c2csc(NC(=O)CN(C)Cc3c(C)nn(C)c3C)n2)cc1. The van der Waals surface area contributed by atoms with Crippen LogP contribution >= 0.6 is 11.3 Å². The molecule has 0 saturated carbocycles. The van der Waals surface area contributed by atoms with Gasteiger partial charge in [0.1, 0.15) is 0 Å². The number of aromatic nitrogens is 3. The number of aryl methyl sites for hydroxylation is 3. The molecule has 3 aromatic rings. The maximum absolute atomic E-state index is 12.4. The Balaban J connectivity index is 1.58. The highest BCUT2D eigenvalue weighted by Gasteiger charge is 2.15. The number of nitrogens with one attached hydrogen (secondary N) is 1. The molecule has 0 radical (unpaired) electrons. The van der Waals surface area contributed by atoms with Crippen molar-refractivity contribution in [3.05, 3.63) is 52.2 Å². The molecule has 2 aromatic heterocycles. The predicted octanol–water partition coefficient (Wildman–Crippen LogP) is 3.54. The van der Waals surface area contributed by atoms with E-state index in [0.29, 0.717) is 18.2 Å². The van der Waals surface area contributed by atoms with Gasteiger partial charge in [-0.05, 0) is 27.8 Å². The normalized spacial score (nSPS) is 11.2. The molecule has 7 heteroatoms. The maximum atomic E-state index is 12.4. The van der Waals surface area contributed by atoms with Gasteiger partial charge < -0.3 is 5.32 Å². The summed E-state index contributed by atoms with van der Waals surface area (Å²) in [6.45, 7) is 7.09. The lowest BCUT2D eigenvalue weighted by molar-refractivity contribution is -0.117. The van der Waals surface area contributed by atoms with Crippen molar-refractivity contribution in [3.8, 4) is 11.3 Å². The van der Waals surface area contributed by atoms with Crippen LogP contribution in [0.15, 0.2) is 29.6 Å². The van der Waals surface area contributed by atoms with Crippen LogP contribution in [0.4, 0.5) is 5.13 Å². The van der Waals surface area contributed by atoms with E-state index in [1.54, 1.807) is 0 Å². The maximum Gasteiger partial charge on any atom is 0.240 e. The van der Waals surface area contributed by atoms with Gasteiger partial charge in [-0.25, -0.2) is 4.98 Å². The minimum atomic E-state index is -0.0681. The van der Waals surface area contributed by atoms with Gasteiger partial charge in [0.15, 0.2) is 5.13 Å². The van der Waals surface area contributed by atoms with Gasteiger partial charge in [0.05, 0.1) is 17.9 Å². The molecule has 0 aliphatic heterocycles. The van der Waals surface area contributed by atoms with Crippen LogP contribution in [0, 0.1) is 20.8 Å². The minimum absolute atomic E-state index is 0.0681. The highest BCUT2D eigenvalue weighted by molar-refractivity contribution is 7.14. The molecule has 0 saturated heterocycles. The third-order valence-electron chi connectivity index (χ3n) is 4.60. The Morgan fingerprint density at radius 1 is 1.22 bits per heavy atom. The van der Waals surface area contributed by atoms with Crippen molar-refractivity contribution in [2.75, 3.05) is 18.9 Å². The molecule has 0 unspecified atom stereocenters. The fourth-order valence-electron chi connectivity index (χ4n) is 2.96. The molecule has 27 heavy (non-hydrogen) atoms. The summed E-state index contributed by atoms with van der Waals surface area (Å²) in [6, 6.07) is 8.21. The van der Waals surface area contributed by atoms with E-state index in [1.807, 2.05) is 55.0 Å². The number of thiazole rings is 1. The molecule has 0 aliphatic carbocycles. The lowest BCUT2D eigenvalue weighted by atomic mass is 10.1. The fraction of sp³-hybridized carbons (Fsp3) is 0.350. The van der Waals surface area contributed by atoms with Crippen molar-refractivity contribution in [1.29, 1.82) is 0 Å². The molecule has 0 aliphatic rings. The molecule has 6 nitrogen and oxygen atoms in total. The van der Waals surface area contributed by atoms with Gasteiger partial charge in [0, 0.05) is 35.8 Å². The van der Waals surface area contributed by atoms with Crippen LogP contribution in [0.2, 0.25) is 0 Å². The van der Waals surface area contributed by atoms with Crippen LogP contribution in [0.1, 0.15) is 22.5 Å². The number of carbonyl (C=O) groups excluding carboxylic acids is 1. The van der Waals surface area contributed by atoms with Crippen molar-refractivity contribution in [3.63, 3.8) is 0 Å². The Morgan fingerprint density at radius 2 is 1.93 bits per heavy atom. The average molecular weight is 384 g/mol. The molecule has 2 heterocycles.